The molecule has 0 fully saturated rings. The molecule has 0 saturated carbocycles. The van der Waals surface area contributed by atoms with Crippen LogP contribution in [0.4, 0.5) is 4.39 Å². The molecule has 1 radical (unpaired) electrons. The van der Waals surface area contributed by atoms with E-state index in [1.54, 1.807) is 12.3 Å². The number of aromatic nitrogens is 4. The van der Waals surface area contributed by atoms with E-state index in [9.17, 15) is 4.39 Å². The van der Waals surface area contributed by atoms with E-state index < -0.39 is 12.7 Å². The first-order chi connectivity index (χ1) is 29.7. The van der Waals surface area contributed by atoms with E-state index in [4.69, 9.17) is 13.5 Å². The number of furan rings is 1. The molecule has 5 nitrogen and oxygen atoms in total. The number of fused-ring (bicyclic) bond motifs is 5. The summed E-state index contributed by atoms with van der Waals surface area (Å²) in [5.74, 6) is 0.844. The molecular formula is C54H53FIrN4O-2. The second kappa shape index (κ2) is 16.8. The van der Waals surface area contributed by atoms with Crippen LogP contribution in [-0.2, 0) is 30.9 Å². The summed E-state index contributed by atoms with van der Waals surface area (Å²) >= 11 is 0. The average Bonchev–Trinajstić information content (AvgIpc) is 3.80. The standard InChI is InChI=1S/C38H36N3O.C16H17FN.Ir/c1-22(2)26-14-10-15-27(23(3)4)34(26)41-35-31(38(5,6)7)20-39-21-32(35)40-37(41)29-17-11-16-28-30-18-24-12-8-9-13-25(24)19-33(30)42-36(28)29;1-11-5-7-13(14(17)9-11)15-8-6-12(10-18-15)16(2,3)4;/h8-16,18-23H,1-7H3;5-6,8-10H,1-4H3;/q2*-1;/i;1D3;. The summed E-state index contributed by atoms with van der Waals surface area (Å²) in [6.07, 6.45) is 5.61. The van der Waals surface area contributed by atoms with E-state index in [1.165, 1.54) is 28.3 Å². The molecule has 7 heteroatoms. The van der Waals surface area contributed by atoms with Crippen LogP contribution in [0.5, 0.6) is 0 Å². The molecule has 0 N–H and O–H groups in total. The third-order valence-electron chi connectivity index (χ3n) is 11.2. The fourth-order valence-corrected chi connectivity index (χ4v) is 7.98. The van der Waals surface area contributed by atoms with Crippen LogP contribution in [0.2, 0.25) is 0 Å². The van der Waals surface area contributed by atoms with Gasteiger partial charge >= 0.3 is 0 Å². The Morgan fingerprint density at radius 2 is 1.46 bits per heavy atom. The van der Waals surface area contributed by atoms with E-state index in [0.29, 0.717) is 17.5 Å². The zero-order valence-corrected chi connectivity index (χ0v) is 38.9. The molecule has 0 aliphatic rings. The monoisotopic (exact) mass is 988 g/mol. The van der Waals surface area contributed by atoms with Crippen LogP contribution in [0, 0.1) is 24.8 Å². The molecule has 0 spiro atoms. The van der Waals surface area contributed by atoms with Gasteiger partial charge in [0, 0.05) is 59.1 Å². The van der Waals surface area contributed by atoms with Gasteiger partial charge in [0.1, 0.15) is 5.58 Å². The van der Waals surface area contributed by atoms with Crippen molar-refractivity contribution in [1.29, 1.82) is 0 Å². The van der Waals surface area contributed by atoms with Crippen LogP contribution in [-0.4, -0.2) is 19.5 Å². The van der Waals surface area contributed by atoms with Crippen molar-refractivity contribution in [2.24, 2.45) is 0 Å². The SMILES string of the molecule is CC(C)c1cccc(C(C)C)c1-n1c(-c2[c-]ccc3c2oc2cc4ccccc4cc23)nc2cncc(C(C)(C)C)c21.[2H]C([2H])([2H])c1c[c-]c(-c2ccc(C(C)(C)C)cn2)c(F)c1.[Ir]. The summed E-state index contributed by atoms with van der Waals surface area (Å²) in [6.45, 7) is 19.7. The van der Waals surface area contributed by atoms with Crippen molar-refractivity contribution < 1.29 is 33.0 Å². The molecule has 9 aromatic rings. The van der Waals surface area contributed by atoms with Crippen molar-refractivity contribution in [3.8, 4) is 28.3 Å². The number of para-hydroxylation sites is 1. The van der Waals surface area contributed by atoms with E-state index >= 15 is 0 Å². The van der Waals surface area contributed by atoms with Crippen LogP contribution in [0.3, 0.4) is 0 Å². The van der Waals surface area contributed by atoms with E-state index in [1.807, 2.05) is 24.5 Å². The van der Waals surface area contributed by atoms with Gasteiger partial charge in [-0.3, -0.25) is 14.4 Å². The predicted octanol–water partition coefficient (Wildman–Crippen LogP) is 14.8. The number of nitrogens with zero attached hydrogens (tertiary/aromatic N) is 4. The van der Waals surface area contributed by atoms with Gasteiger partial charge in [-0.2, -0.15) is 0 Å². The number of hydrogen-bond acceptors (Lipinski definition) is 4. The van der Waals surface area contributed by atoms with Crippen LogP contribution >= 0.6 is 0 Å². The Morgan fingerprint density at radius 1 is 0.754 bits per heavy atom. The Bertz CT molecular complexity index is 3130. The molecule has 0 atom stereocenters. The van der Waals surface area contributed by atoms with E-state index in [0.717, 1.165) is 66.9 Å². The third kappa shape index (κ3) is 8.31. The molecule has 4 heterocycles. The quantitative estimate of drug-likeness (QED) is 0.161. The van der Waals surface area contributed by atoms with E-state index in [2.05, 4.69) is 157 Å². The first kappa shape index (κ1) is 39.6. The molecule has 0 saturated heterocycles. The maximum atomic E-state index is 14.1. The maximum Gasteiger partial charge on any atom is 0.121 e. The topological polar surface area (TPSA) is 56.7 Å². The van der Waals surface area contributed by atoms with E-state index in [-0.39, 0.29) is 42.1 Å². The van der Waals surface area contributed by atoms with Crippen LogP contribution in [0.25, 0.3) is 72.1 Å². The molecule has 0 amide bonds. The minimum atomic E-state index is -2.33. The van der Waals surface area contributed by atoms with Gasteiger partial charge in [-0.25, -0.2) is 0 Å². The first-order valence-electron chi connectivity index (χ1n) is 22.2. The first-order valence-corrected chi connectivity index (χ1v) is 20.7. The number of pyridine rings is 2. The second-order valence-electron chi connectivity index (χ2n) is 18.4. The number of imidazole rings is 1. The van der Waals surface area contributed by atoms with Crippen LogP contribution < -0.4 is 0 Å². The van der Waals surface area contributed by atoms with Gasteiger partial charge in [-0.05, 0) is 68.0 Å². The molecule has 9 rings (SSSR count). The van der Waals surface area contributed by atoms with Crippen molar-refractivity contribution in [2.75, 3.05) is 0 Å². The van der Waals surface area contributed by atoms with Crippen LogP contribution in [0.15, 0.2) is 114 Å². The smallest absolute Gasteiger partial charge is 0.121 e. The minimum Gasteiger partial charge on any atom is -0.501 e. The number of aryl methyl sites for hydroxylation is 1. The second-order valence-corrected chi connectivity index (χ2v) is 18.4. The molecule has 0 bridgehead atoms. The normalized spacial score (nSPS) is 13.0. The Labute approximate surface area is 377 Å². The van der Waals surface area contributed by atoms with Crippen molar-refractivity contribution in [2.45, 2.75) is 98.8 Å². The maximum absolute atomic E-state index is 14.1. The Balaban J connectivity index is 0.000000236. The molecule has 0 unspecified atom stereocenters. The summed E-state index contributed by atoms with van der Waals surface area (Å²) in [7, 11) is 0. The average molecular weight is 988 g/mol. The van der Waals surface area contributed by atoms with Gasteiger partial charge in [-0.15, -0.1) is 42.0 Å². The van der Waals surface area contributed by atoms with Crippen LogP contribution in [0.1, 0.15) is 113 Å². The zero-order chi connectivity index (χ0) is 45.2. The number of benzene rings is 5. The van der Waals surface area contributed by atoms with Gasteiger partial charge < -0.3 is 14.0 Å². The molecule has 61 heavy (non-hydrogen) atoms. The third-order valence-corrected chi connectivity index (χ3v) is 11.2. The predicted molar refractivity (Wildman–Crippen MR) is 247 cm³/mol. The van der Waals surface area contributed by atoms with Crippen molar-refractivity contribution in [1.82, 2.24) is 19.5 Å². The summed E-state index contributed by atoms with van der Waals surface area (Å²) in [6, 6.07) is 35.8. The molecule has 313 valence electrons. The van der Waals surface area contributed by atoms with Crippen molar-refractivity contribution in [3.63, 3.8) is 0 Å². The zero-order valence-electron chi connectivity index (χ0n) is 39.5. The van der Waals surface area contributed by atoms with Gasteiger partial charge in [0.15, 0.2) is 0 Å². The van der Waals surface area contributed by atoms with Gasteiger partial charge in [0.25, 0.3) is 0 Å². The summed E-state index contributed by atoms with van der Waals surface area (Å²) < 4.78 is 45.0. The Morgan fingerprint density at radius 3 is 2.07 bits per heavy atom. The molecular weight excluding hydrogens is 932 g/mol. The summed E-state index contributed by atoms with van der Waals surface area (Å²) in [5, 5.41) is 4.53. The fourth-order valence-electron chi connectivity index (χ4n) is 7.98. The van der Waals surface area contributed by atoms with Gasteiger partial charge in [-0.1, -0.05) is 147 Å². The number of hydrogen-bond donors (Lipinski definition) is 0. The molecule has 4 aromatic heterocycles. The summed E-state index contributed by atoms with van der Waals surface area (Å²) in [5.41, 5.74) is 10.9. The molecule has 0 aliphatic heterocycles. The minimum absolute atomic E-state index is 0. The van der Waals surface area contributed by atoms with Gasteiger partial charge in [0.05, 0.1) is 28.6 Å². The van der Waals surface area contributed by atoms with Gasteiger partial charge in [0.2, 0.25) is 0 Å². The number of halogens is 1. The largest absolute Gasteiger partial charge is 0.501 e. The fraction of sp³-hybridized carbons (Fsp3) is 0.278. The molecule has 0 aliphatic carbocycles. The molecule has 5 aromatic carbocycles. The van der Waals surface area contributed by atoms with Crippen molar-refractivity contribution in [3.05, 3.63) is 155 Å². The number of rotatable bonds is 5. The Hall–Kier alpha value is -5.49. The summed E-state index contributed by atoms with van der Waals surface area (Å²) in [4.78, 5) is 14.2. The van der Waals surface area contributed by atoms with Crippen molar-refractivity contribution >= 4 is 43.7 Å². The Kier molecular flexibility index (Phi) is 10.9.